The molecule has 4 rings (SSSR count). The minimum atomic E-state index is -0.269. The first-order valence-electron chi connectivity index (χ1n) is 8.86. The van der Waals surface area contributed by atoms with Crippen LogP contribution in [0.5, 0.6) is 5.75 Å². The predicted molar refractivity (Wildman–Crippen MR) is 113 cm³/mol. The summed E-state index contributed by atoms with van der Waals surface area (Å²) in [6.45, 7) is 0.0566. The lowest BCUT2D eigenvalue weighted by atomic mass is 10.2. The second-order valence-electron chi connectivity index (χ2n) is 6.13. The van der Waals surface area contributed by atoms with Crippen molar-refractivity contribution in [2.75, 3.05) is 5.32 Å². The van der Waals surface area contributed by atoms with Crippen molar-refractivity contribution in [1.82, 2.24) is 10.1 Å². The number of rotatable bonds is 6. The van der Waals surface area contributed by atoms with E-state index in [9.17, 15) is 4.79 Å². The highest BCUT2D eigenvalue weighted by Crippen LogP contribution is 2.23. The number of amides is 1. The number of nitrogens with one attached hydrogen (secondary N) is 1. The molecule has 0 saturated carbocycles. The van der Waals surface area contributed by atoms with E-state index in [-0.39, 0.29) is 12.5 Å². The molecule has 1 aromatic heterocycles. The Morgan fingerprint density at radius 3 is 2.62 bits per heavy atom. The Morgan fingerprint density at radius 2 is 1.79 bits per heavy atom. The third-order valence-corrected chi connectivity index (χ3v) is 4.56. The van der Waals surface area contributed by atoms with Crippen LogP contribution in [-0.2, 0) is 6.61 Å². The van der Waals surface area contributed by atoms with Crippen molar-refractivity contribution in [2.24, 2.45) is 0 Å². The van der Waals surface area contributed by atoms with Crippen molar-refractivity contribution < 1.29 is 14.1 Å². The number of halogens is 1. The molecule has 144 valence electrons. The molecule has 0 bridgehead atoms. The van der Waals surface area contributed by atoms with Crippen LogP contribution in [0.1, 0.15) is 16.2 Å². The van der Waals surface area contributed by atoms with Gasteiger partial charge in [0.15, 0.2) is 6.61 Å². The fourth-order valence-corrected chi connectivity index (χ4v) is 3.10. The average Bonchev–Trinajstić information content (AvgIpc) is 3.22. The van der Waals surface area contributed by atoms with Gasteiger partial charge in [0, 0.05) is 15.7 Å². The Hall–Kier alpha value is -3.45. The van der Waals surface area contributed by atoms with Crippen molar-refractivity contribution >= 4 is 27.5 Å². The molecule has 7 heteroatoms. The Kier molecular flexibility index (Phi) is 5.67. The maximum Gasteiger partial charge on any atom is 0.264 e. The normalized spacial score (nSPS) is 10.5. The minimum absolute atomic E-state index is 0.0566. The number of carbonyl (C=O) groups is 1. The van der Waals surface area contributed by atoms with Gasteiger partial charge in [-0.05, 0) is 30.3 Å². The smallest absolute Gasteiger partial charge is 0.264 e. The predicted octanol–water partition coefficient (Wildman–Crippen LogP) is 5.33. The highest BCUT2D eigenvalue weighted by Gasteiger charge is 2.14. The minimum Gasteiger partial charge on any atom is -0.483 e. The molecular formula is C22H16BrN3O3. The first kappa shape index (κ1) is 18.9. The van der Waals surface area contributed by atoms with Crippen LogP contribution >= 0.6 is 15.9 Å². The molecule has 0 aliphatic rings. The summed E-state index contributed by atoms with van der Waals surface area (Å²) in [5.41, 5.74) is 1.95. The molecule has 0 aliphatic heterocycles. The van der Waals surface area contributed by atoms with E-state index in [1.54, 1.807) is 24.3 Å². The highest BCUT2D eigenvalue weighted by molar-refractivity contribution is 9.10. The molecule has 3 aromatic carbocycles. The number of hydrogen-bond donors (Lipinski definition) is 1. The molecule has 0 aliphatic carbocycles. The fraction of sp³-hybridized carbons (Fsp3) is 0.0455. The van der Waals surface area contributed by atoms with Crippen LogP contribution in [0, 0.1) is 0 Å². The number of carbonyl (C=O) groups excluding carboxylic acids is 1. The number of benzene rings is 3. The number of nitrogens with zero attached hydrogens (tertiary/aromatic N) is 2. The van der Waals surface area contributed by atoms with Gasteiger partial charge in [0.2, 0.25) is 5.82 Å². The summed E-state index contributed by atoms with van der Waals surface area (Å²) in [4.78, 5) is 17.0. The van der Waals surface area contributed by atoms with Crippen LogP contribution in [0.2, 0.25) is 0 Å². The Morgan fingerprint density at radius 1 is 1.00 bits per heavy atom. The molecule has 1 amide bonds. The third-order valence-electron chi connectivity index (χ3n) is 4.07. The van der Waals surface area contributed by atoms with Crippen LogP contribution in [0.25, 0.3) is 11.4 Å². The van der Waals surface area contributed by atoms with Crippen LogP contribution in [-0.4, -0.2) is 16.0 Å². The zero-order chi connectivity index (χ0) is 20.1. The quantitative estimate of drug-likeness (QED) is 0.430. The zero-order valence-electron chi connectivity index (χ0n) is 15.2. The molecule has 0 radical (unpaired) electrons. The van der Waals surface area contributed by atoms with Gasteiger partial charge in [0.05, 0.1) is 5.56 Å². The van der Waals surface area contributed by atoms with E-state index >= 15 is 0 Å². The van der Waals surface area contributed by atoms with Gasteiger partial charge in [0.25, 0.3) is 11.8 Å². The van der Waals surface area contributed by atoms with Gasteiger partial charge in [-0.25, -0.2) is 0 Å². The largest absolute Gasteiger partial charge is 0.483 e. The number of para-hydroxylation sites is 1. The molecule has 29 heavy (non-hydrogen) atoms. The lowest BCUT2D eigenvalue weighted by Gasteiger charge is -2.10. The van der Waals surface area contributed by atoms with Crippen LogP contribution in [0.15, 0.2) is 87.9 Å². The Labute approximate surface area is 175 Å². The summed E-state index contributed by atoms with van der Waals surface area (Å²) in [6.07, 6.45) is 0. The van der Waals surface area contributed by atoms with Crippen molar-refractivity contribution in [3.63, 3.8) is 0 Å². The number of anilines is 1. The van der Waals surface area contributed by atoms with E-state index < -0.39 is 0 Å². The van der Waals surface area contributed by atoms with Gasteiger partial charge < -0.3 is 14.6 Å². The van der Waals surface area contributed by atoms with Gasteiger partial charge in [-0.2, -0.15) is 4.98 Å². The molecule has 0 atom stereocenters. The summed E-state index contributed by atoms with van der Waals surface area (Å²) in [6, 6.07) is 23.9. The van der Waals surface area contributed by atoms with Gasteiger partial charge in [-0.3, -0.25) is 4.79 Å². The second-order valence-corrected chi connectivity index (χ2v) is 7.04. The van der Waals surface area contributed by atoms with E-state index in [0.29, 0.717) is 28.7 Å². The highest BCUT2D eigenvalue weighted by atomic mass is 79.9. The SMILES string of the molecule is O=C(Nc1cccc(Br)c1)c1ccccc1OCc1nc(-c2ccccc2)no1. The maximum atomic E-state index is 12.7. The molecule has 0 saturated heterocycles. The zero-order valence-corrected chi connectivity index (χ0v) is 16.8. The van der Waals surface area contributed by atoms with Crippen molar-refractivity contribution in [3.8, 4) is 17.1 Å². The van der Waals surface area contributed by atoms with Gasteiger partial charge in [0.1, 0.15) is 5.75 Å². The van der Waals surface area contributed by atoms with Crippen LogP contribution in [0.4, 0.5) is 5.69 Å². The molecule has 4 aromatic rings. The third kappa shape index (κ3) is 4.70. The lowest BCUT2D eigenvalue weighted by molar-refractivity contribution is 0.102. The van der Waals surface area contributed by atoms with Crippen molar-refractivity contribution in [3.05, 3.63) is 94.8 Å². The fourth-order valence-electron chi connectivity index (χ4n) is 2.70. The van der Waals surface area contributed by atoms with Crippen molar-refractivity contribution in [2.45, 2.75) is 6.61 Å². The van der Waals surface area contributed by atoms with Gasteiger partial charge in [-0.1, -0.05) is 69.6 Å². The van der Waals surface area contributed by atoms with E-state index in [4.69, 9.17) is 9.26 Å². The van der Waals surface area contributed by atoms with E-state index in [1.807, 2.05) is 54.6 Å². The average molecular weight is 450 g/mol. The summed E-state index contributed by atoms with van der Waals surface area (Å²) < 4.78 is 11.9. The van der Waals surface area contributed by atoms with Crippen molar-refractivity contribution in [1.29, 1.82) is 0 Å². The number of aromatic nitrogens is 2. The number of ether oxygens (including phenoxy) is 1. The molecule has 6 nitrogen and oxygen atoms in total. The van der Waals surface area contributed by atoms with E-state index in [2.05, 4.69) is 31.4 Å². The lowest BCUT2D eigenvalue weighted by Crippen LogP contribution is -2.13. The first-order valence-corrected chi connectivity index (χ1v) is 9.65. The molecule has 1 N–H and O–H groups in total. The van der Waals surface area contributed by atoms with Gasteiger partial charge in [-0.15, -0.1) is 0 Å². The van der Waals surface area contributed by atoms with Gasteiger partial charge >= 0.3 is 0 Å². The summed E-state index contributed by atoms with van der Waals surface area (Å²) in [5, 5.41) is 6.83. The molecule has 0 fully saturated rings. The summed E-state index contributed by atoms with van der Waals surface area (Å²) >= 11 is 3.39. The van der Waals surface area contributed by atoms with E-state index in [1.165, 1.54) is 0 Å². The monoisotopic (exact) mass is 449 g/mol. The first-order chi connectivity index (χ1) is 14.2. The molecule has 1 heterocycles. The number of hydrogen-bond acceptors (Lipinski definition) is 5. The second kappa shape index (κ2) is 8.70. The standard InChI is InChI=1S/C22H16BrN3O3/c23-16-9-6-10-17(13-16)24-22(27)18-11-4-5-12-19(18)28-14-20-25-21(26-29-20)15-7-2-1-3-8-15/h1-13H,14H2,(H,24,27). The Balaban J connectivity index is 1.46. The molecule has 0 unspecified atom stereocenters. The molecule has 0 spiro atoms. The summed E-state index contributed by atoms with van der Waals surface area (Å²) in [7, 11) is 0. The van der Waals surface area contributed by atoms with E-state index in [0.717, 1.165) is 10.0 Å². The Bertz CT molecular complexity index is 1130. The molecular weight excluding hydrogens is 434 g/mol. The van der Waals surface area contributed by atoms with Crippen LogP contribution in [0.3, 0.4) is 0 Å². The topological polar surface area (TPSA) is 77.2 Å². The maximum absolute atomic E-state index is 12.7. The van der Waals surface area contributed by atoms with Crippen LogP contribution < -0.4 is 10.1 Å². The summed E-state index contributed by atoms with van der Waals surface area (Å²) in [5.74, 6) is 0.976.